The smallest absolute Gasteiger partial charge is 0.335 e. The molecule has 3 aromatic carbocycles. The van der Waals surface area contributed by atoms with Crippen LogP contribution in [0, 0.1) is 11.8 Å². The summed E-state index contributed by atoms with van der Waals surface area (Å²) in [5.41, 5.74) is 8.59. The number of urea groups is 1. The maximum Gasteiger partial charge on any atom is 0.335 e. The van der Waals surface area contributed by atoms with E-state index in [1.165, 1.54) is 18.4 Å². The van der Waals surface area contributed by atoms with E-state index in [0.717, 1.165) is 33.7 Å². The van der Waals surface area contributed by atoms with Crippen molar-refractivity contribution in [3.63, 3.8) is 0 Å². The Kier molecular flexibility index (Phi) is 6.41. The van der Waals surface area contributed by atoms with Crippen LogP contribution >= 0.6 is 0 Å². The number of benzene rings is 3. The zero-order valence-corrected chi connectivity index (χ0v) is 20.1. The van der Waals surface area contributed by atoms with Crippen molar-refractivity contribution in [2.75, 3.05) is 17.3 Å². The zero-order chi connectivity index (χ0) is 25.2. The average molecular weight is 486 g/mol. The first-order valence-corrected chi connectivity index (χ1v) is 12.2. The van der Waals surface area contributed by atoms with Crippen LogP contribution in [-0.4, -0.2) is 39.6 Å². The van der Waals surface area contributed by atoms with Gasteiger partial charge in [-0.2, -0.15) is 0 Å². The summed E-state index contributed by atoms with van der Waals surface area (Å²) in [6.07, 6.45) is 3.19. The average Bonchev–Trinajstić information content (AvgIpc) is 3.61. The van der Waals surface area contributed by atoms with E-state index in [2.05, 4.69) is 22.9 Å². The third-order valence-corrected chi connectivity index (χ3v) is 6.88. The van der Waals surface area contributed by atoms with Crippen molar-refractivity contribution in [1.82, 2.24) is 4.90 Å². The highest BCUT2D eigenvalue weighted by Crippen LogP contribution is 2.41. The molecule has 184 valence electrons. The lowest BCUT2D eigenvalue weighted by atomic mass is 10.0. The number of rotatable bonds is 7. The van der Waals surface area contributed by atoms with Crippen molar-refractivity contribution in [3.8, 4) is 11.1 Å². The van der Waals surface area contributed by atoms with Crippen LogP contribution in [0.4, 0.5) is 16.2 Å². The SMILES string of the molecule is Cc1cc(C2CC2)ccc1NC(=O)N1CCC[C@@H]1[N+](=O)Nc1ccc(-c2ccc(C(=O)O)cc2)cc1. The van der Waals surface area contributed by atoms with Gasteiger partial charge in [0.05, 0.1) is 10.5 Å². The molecule has 8 heteroatoms. The topological polar surface area (TPSA) is 102 Å². The minimum absolute atomic E-state index is 0.231. The van der Waals surface area contributed by atoms with Crippen LogP contribution in [0.25, 0.3) is 11.1 Å². The second kappa shape index (κ2) is 9.81. The maximum absolute atomic E-state index is 13.0. The summed E-state index contributed by atoms with van der Waals surface area (Å²) in [4.78, 5) is 39.3. The molecule has 0 bridgehead atoms. The number of carbonyl (C=O) groups excluding carboxylic acids is 1. The molecule has 1 aliphatic carbocycles. The van der Waals surface area contributed by atoms with Crippen LogP contribution in [0.3, 0.4) is 0 Å². The number of aryl methyl sites for hydroxylation is 1. The summed E-state index contributed by atoms with van der Waals surface area (Å²) in [7, 11) is 0. The lowest BCUT2D eigenvalue weighted by Gasteiger charge is -2.20. The molecule has 2 fully saturated rings. The molecule has 2 aliphatic rings. The number of likely N-dealkylation sites (tertiary alicyclic amines) is 1. The Bertz CT molecular complexity index is 1300. The molecule has 1 aliphatic heterocycles. The molecule has 3 aromatic rings. The number of anilines is 2. The van der Waals surface area contributed by atoms with Crippen LogP contribution in [-0.2, 0) is 0 Å². The van der Waals surface area contributed by atoms with E-state index < -0.39 is 12.1 Å². The first-order chi connectivity index (χ1) is 17.4. The Balaban J connectivity index is 1.21. The first kappa shape index (κ1) is 23.5. The zero-order valence-electron chi connectivity index (χ0n) is 20.1. The molecule has 1 saturated carbocycles. The summed E-state index contributed by atoms with van der Waals surface area (Å²) in [6, 6.07) is 19.8. The van der Waals surface area contributed by atoms with Gasteiger partial charge in [-0.1, -0.05) is 36.4 Å². The van der Waals surface area contributed by atoms with E-state index in [4.69, 9.17) is 5.11 Å². The van der Waals surface area contributed by atoms with E-state index in [1.807, 2.05) is 25.1 Å². The first-order valence-electron chi connectivity index (χ1n) is 12.2. The third kappa shape index (κ3) is 5.07. The highest BCUT2D eigenvalue weighted by atomic mass is 16.4. The lowest BCUT2D eigenvalue weighted by molar-refractivity contribution is -0.574. The van der Waals surface area contributed by atoms with Crippen LogP contribution in [0.15, 0.2) is 66.7 Å². The lowest BCUT2D eigenvalue weighted by Crippen LogP contribution is -2.45. The fourth-order valence-electron chi connectivity index (χ4n) is 4.66. The van der Waals surface area contributed by atoms with Crippen molar-refractivity contribution >= 4 is 23.4 Å². The number of nitrogens with one attached hydrogen (secondary N) is 2. The van der Waals surface area contributed by atoms with Crippen LogP contribution in [0.5, 0.6) is 0 Å². The van der Waals surface area contributed by atoms with Gasteiger partial charge in [-0.25, -0.2) is 9.59 Å². The Morgan fingerprint density at radius 1 is 0.944 bits per heavy atom. The largest absolute Gasteiger partial charge is 0.478 e. The van der Waals surface area contributed by atoms with Crippen molar-refractivity contribution in [2.24, 2.45) is 0 Å². The Morgan fingerprint density at radius 2 is 1.61 bits per heavy atom. The van der Waals surface area contributed by atoms with Gasteiger partial charge in [0.15, 0.2) is 0 Å². The monoisotopic (exact) mass is 485 g/mol. The molecule has 3 N–H and O–H groups in total. The molecule has 0 unspecified atom stereocenters. The summed E-state index contributed by atoms with van der Waals surface area (Å²) >= 11 is 0. The Labute approximate surface area is 209 Å². The number of amides is 2. The highest BCUT2D eigenvalue weighted by Gasteiger charge is 2.41. The van der Waals surface area contributed by atoms with Gasteiger partial charge >= 0.3 is 18.2 Å². The standard InChI is InChI=1S/C28H28N4O4/c1-18-17-23(21-4-5-21)12-15-25(18)29-28(35)31-16-2-3-26(31)32(36)30-24-13-10-20(11-14-24)19-6-8-22(9-7-19)27(33)34/h6-15,17,21,26H,2-5,16H2,1H3,(H2-,29,30,33,34,35,36)/p+1/t26-/m0/s1. The number of aromatic carboxylic acids is 1. The molecule has 5 rings (SSSR count). The van der Waals surface area contributed by atoms with Gasteiger partial charge in [0.25, 0.3) is 0 Å². The van der Waals surface area contributed by atoms with E-state index in [1.54, 1.807) is 41.3 Å². The van der Waals surface area contributed by atoms with Crippen molar-refractivity contribution in [2.45, 2.75) is 44.7 Å². The molecule has 2 amide bonds. The fraction of sp³-hybridized carbons (Fsp3) is 0.286. The van der Waals surface area contributed by atoms with Gasteiger partial charge in [-0.05, 0) is 84.7 Å². The number of nitroso groups, excluding NO2 is 1. The normalized spacial score (nSPS) is 17.0. The fourth-order valence-corrected chi connectivity index (χ4v) is 4.66. The maximum atomic E-state index is 13.0. The van der Waals surface area contributed by atoms with Gasteiger partial charge in [-0.15, -0.1) is 5.43 Å². The number of nitrogens with zero attached hydrogens (tertiary/aromatic N) is 2. The Morgan fingerprint density at radius 3 is 2.22 bits per heavy atom. The van der Waals surface area contributed by atoms with Gasteiger partial charge in [-0.3, -0.25) is 4.90 Å². The van der Waals surface area contributed by atoms with Gasteiger partial charge in [0, 0.05) is 18.7 Å². The minimum Gasteiger partial charge on any atom is -0.478 e. The second-order valence-electron chi connectivity index (χ2n) is 9.49. The predicted molar refractivity (Wildman–Crippen MR) is 138 cm³/mol. The van der Waals surface area contributed by atoms with E-state index in [9.17, 15) is 14.5 Å². The second-order valence-corrected chi connectivity index (χ2v) is 9.49. The molecule has 1 atom stereocenters. The van der Waals surface area contributed by atoms with Crippen LogP contribution in [0.1, 0.15) is 53.1 Å². The van der Waals surface area contributed by atoms with E-state index in [0.29, 0.717) is 24.6 Å². The molecule has 1 heterocycles. The molecule has 0 radical (unpaired) electrons. The number of hydrogen-bond acceptors (Lipinski definition) is 3. The highest BCUT2D eigenvalue weighted by molar-refractivity contribution is 5.90. The van der Waals surface area contributed by atoms with Crippen molar-refractivity contribution in [3.05, 3.63) is 88.3 Å². The molecule has 0 spiro atoms. The molecular weight excluding hydrogens is 456 g/mol. The van der Waals surface area contributed by atoms with Gasteiger partial charge in [0.1, 0.15) is 10.6 Å². The number of hydrogen-bond donors (Lipinski definition) is 3. The summed E-state index contributed by atoms with van der Waals surface area (Å²) < 4.78 is 0. The Hall–Kier alpha value is -4.20. The van der Waals surface area contributed by atoms with Gasteiger partial charge in [0.2, 0.25) is 0 Å². The van der Waals surface area contributed by atoms with Crippen molar-refractivity contribution < 1.29 is 19.6 Å². The molecule has 36 heavy (non-hydrogen) atoms. The molecular formula is C28H29N4O4+. The number of carboxylic acid groups (broad SMARTS) is 1. The third-order valence-electron chi connectivity index (χ3n) is 6.88. The number of carbonyl (C=O) groups is 2. The van der Waals surface area contributed by atoms with E-state index in [-0.39, 0.29) is 11.6 Å². The summed E-state index contributed by atoms with van der Waals surface area (Å²) in [5.74, 6) is -0.309. The molecule has 0 aromatic heterocycles. The van der Waals surface area contributed by atoms with E-state index >= 15 is 0 Å². The summed E-state index contributed by atoms with van der Waals surface area (Å²) in [5, 5.41) is 12.0. The van der Waals surface area contributed by atoms with Crippen LogP contribution < -0.4 is 10.7 Å². The number of hydrazine groups is 1. The van der Waals surface area contributed by atoms with Crippen LogP contribution in [0.2, 0.25) is 0 Å². The molecule has 1 saturated heterocycles. The minimum atomic E-state index is -0.965. The molecule has 8 nitrogen and oxygen atoms in total. The number of carboxylic acids is 1. The van der Waals surface area contributed by atoms with Gasteiger partial charge < -0.3 is 10.4 Å². The summed E-state index contributed by atoms with van der Waals surface area (Å²) in [6.45, 7) is 2.51. The quantitative estimate of drug-likeness (QED) is 0.282. The predicted octanol–water partition coefficient (Wildman–Crippen LogP) is 6.00. The van der Waals surface area contributed by atoms with Crippen molar-refractivity contribution in [1.29, 1.82) is 0 Å².